The first-order chi connectivity index (χ1) is 12.6. The van der Waals surface area contributed by atoms with E-state index in [0.29, 0.717) is 23.1 Å². The summed E-state index contributed by atoms with van der Waals surface area (Å²) < 4.78 is 5.45. The molecule has 1 fully saturated rings. The number of carbonyl (C=O) groups is 2. The molecule has 2 aromatic rings. The van der Waals surface area contributed by atoms with Crippen LogP contribution in [0.3, 0.4) is 0 Å². The van der Waals surface area contributed by atoms with Crippen LogP contribution < -0.4 is 5.32 Å². The van der Waals surface area contributed by atoms with Crippen molar-refractivity contribution in [2.75, 3.05) is 12.4 Å². The Hall–Kier alpha value is -2.56. The van der Waals surface area contributed by atoms with Gasteiger partial charge in [-0.25, -0.2) is 0 Å². The Bertz CT molecular complexity index is 758. The highest BCUT2D eigenvalue weighted by Gasteiger charge is 2.23. The third kappa shape index (κ3) is 4.15. The minimum absolute atomic E-state index is 0.0356. The van der Waals surface area contributed by atoms with Gasteiger partial charge in [0.15, 0.2) is 5.76 Å². The first-order valence-corrected chi connectivity index (χ1v) is 9.35. The van der Waals surface area contributed by atoms with Crippen LogP contribution in [0.4, 0.5) is 5.69 Å². The fraction of sp³-hybridized carbons (Fsp3) is 0.429. The van der Waals surface area contributed by atoms with Gasteiger partial charge >= 0.3 is 0 Å². The standard InChI is InChI=1S/C21H26N2O3/c1-3-18-13-14-19(26-18)20(24)22-16-11-9-15(10-12-16)21(25)23(2)17-7-5-4-6-8-17/h9-14,17H,3-8H2,1-2H3,(H,22,24). The van der Waals surface area contributed by atoms with E-state index in [2.05, 4.69) is 5.32 Å². The van der Waals surface area contributed by atoms with Crippen LogP contribution >= 0.6 is 0 Å². The minimum atomic E-state index is -0.289. The van der Waals surface area contributed by atoms with Gasteiger partial charge in [0.25, 0.3) is 11.8 Å². The van der Waals surface area contributed by atoms with Gasteiger partial charge < -0.3 is 14.6 Å². The van der Waals surface area contributed by atoms with Crippen LogP contribution in [-0.4, -0.2) is 29.8 Å². The van der Waals surface area contributed by atoms with Crippen molar-refractivity contribution in [2.24, 2.45) is 0 Å². The van der Waals surface area contributed by atoms with Crippen LogP contribution in [0.1, 0.15) is 65.7 Å². The fourth-order valence-corrected chi connectivity index (χ4v) is 3.42. The normalized spacial score (nSPS) is 14.8. The summed E-state index contributed by atoms with van der Waals surface area (Å²) in [7, 11) is 1.89. The number of aryl methyl sites for hydroxylation is 1. The topological polar surface area (TPSA) is 62.6 Å². The van der Waals surface area contributed by atoms with Crippen molar-refractivity contribution in [1.82, 2.24) is 4.90 Å². The average Bonchev–Trinajstić information content (AvgIpc) is 3.17. The summed E-state index contributed by atoms with van der Waals surface area (Å²) in [6.45, 7) is 1.97. The molecule has 0 atom stereocenters. The fourth-order valence-electron chi connectivity index (χ4n) is 3.42. The Balaban J connectivity index is 1.62. The van der Waals surface area contributed by atoms with E-state index in [-0.39, 0.29) is 11.8 Å². The summed E-state index contributed by atoms with van der Waals surface area (Å²) in [4.78, 5) is 26.7. The van der Waals surface area contributed by atoms with Gasteiger partial charge in [-0.3, -0.25) is 9.59 Å². The third-order valence-corrected chi connectivity index (χ3v) is 5.07. The smallest absolute Gasteiger partial charge is 0.291 e. The summed E-state index contributed by atoms with van der Waals surface area (Å²) in [5, 5.41) is 2.80. The van der Waals surface area contributed by atoms with Crippen LogP contribution in [0.2, 0.25) is 0 Å². The molecule has 5 heteroatoms. The van der Waals surface area contributed by atoms with Gasteiger partial charge in [-0.1, -0.05) is 26.2 Å². The molecule has 2 amide bonds. The molecule has 1 aromatic carbocycles. The van der Waals surface area contributed by atoms with Gasteiger partial charge in [0.2, 0.25) is 0 Å². The number of hydrogen-bond acceptors (Lipinski definition) is 3. The Labute approximate surface area is 154 Å². The van der Waals surface area contributed by atoms with E-state index in [1.165, 1.54) is 19.3 Å². The average molecular weight is 354 g/mol. The lowest BCUT2D eigenvalue weighted by molar-refractivity contribution is 0.0696. The first kappa shape index (κ1) is 18.2. The molecule has 1 aromatic heterocycles. The lowest BCUT2D eigenvalue weighted by atomic mass is 9.94. The van der Waals surface area contributed by atoms with Gasteiger partial charge in [-0.15, -0.1) is 0 Å². The molecule has 0 saturated heterocycles. The van der Waals surface area contributed by atoms with Crippen molar-refractivity contribution in [2.45, 2.75) is 51.5 Å². The molecule has 1 N–H and O–H groups in total. The number of carbonyl (C=O) groups excluding carboxylic acids is 2. The van der Waals surface area contributed by atoms with Crippen molar-refractivity contribution in [1.29, 1.82) is 0 Å². The zero-order valence-electron chi connectivity index (χ0n) is 15.5. The van der Waals surface area contributed by atoms with Crippen LogP contribution in [-0.2, 0) is 6.42 Å². The number of hydrogen-bond donors (Lipinski definition) is 1. The van der Waals surface area contributed by atoms with E-state index in [9.17, 15) is 9.59 Å². The van der Waals surface area contributed by atoms with Crippen LogP contribution in [0.25, 0.3) is 0 Å². The second-order valence-corrected chi connectivity index (χ2v) is 6.86. The summed E-state index contributed by atoms with van der Waals surface area (Å²) >= 11 is 0. The second-order valence-electron chi connectivity index (χ2n) is 6.86. The summed E-state index contributed by atoms with van der Waals surface area (Å²) in [6, 6.07) is 10.8. The Morgan fingerprint density at radius 1 is 1.08 bits per heavy atom. The van der Waals surface area contributed by atoms with Crippen molar-refractivity contribution in [3.8, 4) is 0 Å². The number of benzene rings is 1. The lowest BCUT2D eigenvalue weighted by Gasteiger charge is -2.31. The maximum absolute atomic E-state index is 12.7. The SMILES string of the molecule is CCc1ccc(C(=O)Nc2ccc(C(=O)N(C)C3CCCCC3)cc2)o1. The van der Waals surface area contributed by atoms with E-state index in [1.54, 1.807) is 36.4 Å². The maximum Gasteiger partial charge on any atom is 0.291 e. The van der Waals surface area contributed by atoms with Crippen LogP contribution in [0.5, 0.6) is 0 Å². The molecule has 1 aliphatic carbocycles. The second kappa shape index (κ2) is 8.21. The Morgan fingerprint density at radius 2 is 1.77 bits per heavy atom. The van der Waals surface area contributed by atoms with Crippen LogP contribution in [0, 0.1) is 0 Å². The first-order valence-electron chi connectivity index (χ1n) is 9.35. The molecule has 0 aliphatic heterocycles. The number of nitrogens with zero attached hydrogens (tertiary/aromatic N) is 1. The summed E-state index contributed by atoms with van der Waals surface area (Å²) in [5.41, 5.74) is 1.28. The van der Waals surface area contributed by atoms with Crippen molar-refractivity contribution in [3.05, 3.63) is 53.5 Å². The predicted molar refractivity (Wildman–Crippen MR) is 101 cm³/mol. The number of rotatable bonds is 5. The molecular formula is C21H26N2O3. The number of amides is 2. The lowest BCUT2D eigenvalue weighted by Crippen LogP contribution is -2.38. The molecule has 138 valence electrons. The highest BCUT2D eigenvalue weighted by molar-refractivity contribution is 6.02. The van der Waals surface area contributed by atoms with Gasteiger partial charge in [0, 0.05) is 30.8 Å². The summed E-state index contributed by atoms with van der Waals surface area (Å²) in [5.74, 6) is 0.817. The van der Waals surface area contributed by atoms with Crippen molar-refractivity contribution >= 4 is 17.5 Å². The van der Waals surface area contributed by atoms with Gasteiger partial charge in [-0.05, 0) is 49.2 Å². The van der Waals surface area contributed by atoms with Crippen LogP contribution in [0.15, 0.2) is 40.8 Å². The van der Waals surface area contributed by atoms with Crippen molar-refractivity contribution in [3.63, 3.8) is 0 Å². The van der Waals surface area contributed by atoms with E-state index in [0.717, 1.165) is 25.0 Å². The van der Waals surface area contributed by atoms with E-state index < -0.39 is 0 Å². The molecule has 1 heterocycles. The molecule has 3 rings (SSSR count). The zero-order chi connectivity index (χ0) is 18.5. The molecule has 5 nitrogen and oxygen atoms in total. The number of anilines is 1. The monoisotopic (exact) mass is 354 g/mol. The molecule has 0 spiro atoms. The Morgan fingerprint density at radius 3 is 2.38 bits per heavy atom. The number of furan rings is 1. The molecule has 1 saturated carbocycles. The minimum Gasteiger partial charge on any atom is -0.456 e. The third-order valence-electron chi connectivity index (χ3n) is 5.07. The van der Waals surface area contributed by atoms with Gasteiger partial charge in [0.1, 0.15) is 5.76 Å². The zero-order valence-corrected chi connectivity index (χ0v) is 15.5. The number of nitrogens with one attached hydrogen (secondary N) is 1. The predicted octanol–water partition coefficient (Wildman–Crippen LogP) is 4.50. The highest BCUT2D eigenvalue weighted by Crippen LogP contribution is 2.23. The van der Waals surface area contributed by atoms with E-state index in [1.807, 2.05) is 18.9 Å². The maximum atomic E-state index is 12.7. The van der Waals surface area contributed by atoms with E-state index >= 15 is 0 Å². The molecular weight excluding hydrogens is 328 g/mol. The van der Waals surface area contributed by atoms with Crippen molar-refractivity contribution < 1.29 is 14.0 Å². The Kier molecular flexibility index (Phi) is 5.76. The van der Waals surface area contributed by atoms with Gasteiger partial charge in [-0.2, -0.15) is 0 Å². The largest absolute Gasteiger partial charge is 0.456 e. The molecule has 0 radical (unpaired) electrons. The van der Waals surface area contributed by atoms with E-state index in [4.69, 9.17) is 4.42 Å². The van der Waals surface area contributed by atoms with Gasteiger partial charge in [0.05, 0.1) is 0 Å². The summed E-state index contributed by atoms with van der Waals surface area (Å²) in [6.07, 6.45) is 6.57. The molecule has 0 bridgehead atoms. The molecule has 1 aliphatic rings. The molecule has 26 heavy (non-hydrogen) atoms. The molecule has 0 unspecified atom stereocenters. The quantitative estimate of drug-likeness (QED) is 0.860. The highest BCUT2D eigenvalue weighted by atomic mass is 16.3.